The Morgan fingerprint density at radius 2 is 2.07 bits per heavy atom. The van der Waals surface area contributed by atoms with E-state index in [0.717, 1.165) is 15.7 Å². The third kappa shape index (κ3) is 3.79. The van der Waals surface area contributed by atoms with Gasteiger partial charge in [0.05, 0.1) is 16.7 Å². The average Bonchev–Trinajstić information content (AvgIpc) is 3.17. The quantitative estimate of drug-likeness (QED) is 0.442. The summed E-state index contributed by atoms with van der Waals surface area (Å²) in [7, 11) is 0. The van der Waals surface area contributed by atoms with E-state index in [1.54, 1.807) is 25.1 Å². The number of hydrogen-bond donors (Lipinski definition) is 2. The van der Waals surface area contributed by atoms with Gasteiger partial charge in [0.1, 0.15) is 0 Å². The summed E-state index contributed by atoms with van der Waals surface area (Å²) in [6, 6.07) is 12.6. The summed E-state index contributed by atoms with van der Waals surface area (Å²) in [5, 5.41) is 5.12. The number of rotatable bonds is 4. The first-order valence-electron chi connectivity index (χ1n) is 8.76. The molecular formula is C20H15BrN4O3S. The molecule has 0 saturated heterocycles. The number of nitrogens with one attached hydrogen (secondary N) is 2. The number of fused-ring (bicyclic) bond motifs is 1. The third-order valence-corrected chi connectivity index (χ3v) is 5.65. The molecule has 0 aliphatic rings. The van der Waals surface area contributed by atoms with E-state index in [-0.39, 0.29) is 5.91 Å². The van der Waals surface area contributed by atoms with Gasteiger partial charge in [-0.25, -0.2) is 4.98 Å². The van der Waals surface area contributed by atoms with Gasteiger partial charge in [0.2, 0.25) is 0 Å². The molecule has 0 fully saturated rings. The van der Waals surface area contributed by atoms with E-state index >= 15 is 0 Å². The molecule has 2 heterocycles. The van der Waals surface area contributed by atoms with Crippen molar-refractivity contribution in [2.45, 2.75) is 13.5 Å². The molecule has 0 bridgehead atoms. The first-order chi connectivity index (χ1) is 14.0. The van der Waals surface area contributed by atoms with Crippen molar-refractivity contribution in [2.24, 2.45) is 0 Å². The van der Waals surface area contributed by atoms with Crippen molar-refractivity contribution in [3.05, 3.63) is 78.6 Å². The van der Waals surface area contributed by atoms with Crippen LogP contribution in [0.1, 0.15) is 17.3 Å². The van der Waals surface area contributed by atoms with Gasteiger partial charge in [-0.05, 0) is 37.3 Å². The molecular weight excluding hydrogens is 456 g/mol. The number of anilines is 1. The molecule has 0 saturated carbocycles. The monoisotopic (exact) mass is 470 g/mol. The van der Waals surface area contributed by atoms with E-state index in [1.807, 2.05) is 29.6 Å². The number of aryl methyl sites for hydroxylation is 1. The minimum atomic E-state index is -0.713. The number of carbonyl (C=O) groups is 1. The van der Waals surface area contributed by atoms with Gasteiger partial charge in [0.25, 0.3) is 5.91 Å². The second kappa shape index (κ2) is 7.76. The van der Waals surface area contributed by atoms with Crippen LogP contribution in [-0.4, -0.2) is 20.4 Å². The van der Waals surface area contributed by atoms with Crippen molar-refractivity contribution >= 4 is 49.3 Å². The van der Waals surface area contributed by atoms with Crippen LogP contribution in [0, 0.1) is 0 Å². The van der Waals surface area contributed by atoms with Crippen molar-refractivity contribution in [1.29, 1.82) is 0 Å². The maximum Gasteiger partial charge on any atom is 0.316 e. The molecule has 0 aliphatic heterocycles. The van der Waals surface area contributed by atoms with Crippen LogP contribution in [0.5, 0.6) is 0 Å². The molecule has 9 heteroatoms. The minimum Gasteiger partial charge on any atom is -0.316 e. The second-order valence-corrected chi connectivity index (χ2v) is 8.01. The van der Waals surface area contributed by atoms with Crippen LogP contribution in [0.4, 0.5) is 5.13 Å². The van der Waals surface area contributed by atoms with Gasteiger partial charge in [-0.1, -0.05) is 28.1 Å². The van der Waals surface area contributed by atoms with E-state index in [4.69, 9.17) is 0 Å². The van der Waals surface area contributed by atoms with Crippen LogP contribution in [0.3, 0.4) is 0 Å². The summed E-state index contributed by atoms with van der Waals surface area (Å²) in [4.78, 5) is 43.4. The van der Waals surface area contributed by atoms with Gasteiger partial charge >= 0.3 is 11.1 Å². The minimum absolute atomic E-state index is 0.350. The predicted octanol–water partition coefficient (Wildman–Crippen LogP) is 3.85. The lowest BCUT2D eigenvalue weighted by Crippen LogP contribution is -2.36. The first kappa shape index (κ1) is 19.3. The number of H-pyrrole nitrogens is 1. The Morgan fingerprint density at radius 3 is 2.83 bits per heavy atom. The number of thiazole rings is 1. The van der Waals surface area contributed by atoms with E-state index < -0.39 is 11.1 Å². The molecule has 2 aromatic carbocycles. The fourth-order valence-corrected chi connectivity index (χ4v) is 4.13. The Hall–Kier alpha value is -3.04. The normalized spacial score (nSPS) is 11.0. The highest BCUT2D eigenvalue weighted by molar-refractivity contribution is 9.10. The Morgan fingerprint density at radius 1 is 1.24 bits per heavy atom. The number of hydrogen-bond acceptors (Lipinski definition) is 5. The van der Waals surface area contributed by atoms with Crippen LogP contribution in [0.15, 0.2) is 61.9 Å². The van der Waals surface area contributed by atoms with Crippen LogP contribution in [-0.2, 0) is 6.54 Å². The summed E-state index contributed by atoms with van der Waals surface area (Å²) < 4.78 is 2.32. The fraction of sp³-hybridized carbons (Fsp3) is 0.100. The SMILES string of the molecule is CCn1c(=O)c(=O)[nH]c2cc(C(=O)Nc3nc(-c4cccc(Br)c4)cs3)ccc21. The molecule has 2 N–H and O–H groups in total. The van der Waals surface area contributed by atoms with Crippen molar-refractivity contribution in [3.63, 3.8) is 0 Å². The van der Waals surface area contributed by atoms with E-state index in [1.165, 1.54) is 15.9 Å². The summed E-state index contributed by atoms with van der Waals surface area (Å²) in [6.45, 7) is 2.15. The van der Waals surface area contributed by atoms with E-state index in [0.29, 0.717) is 28.3 Å². The van der Waals surface area contributed by atoms with E-state index in [2.05, 4.69) is 31.2 Å². The molecule has 2 aromatic heterocycles. The number of carbonyl (C=O) groups excluding carboxylic acids is 1. The van der Waals surface area contributed by atoms with Gasteiger partial charge in [0, 0.05) is 27.5 Å². The predicted molar refractivity (Wildman–Crippen MR) is 118 cm³/mol. The van der Waals surface area contributed by atoms with Crippen LogP contribution in [0.25, 0.3) is 22.3 Å². The molecule has 0 unspecified atom stereocenters. The third-order valence-electron chi connectivity index (χ3n) is 4.40. The lowest BCUT2D eigenvalue weighted by Gasteiger charge is -2.08. The Bertz CT molecular complexity index is 1360. The molecule has 4 rings (SSSR count). The molecule has 29 heavy (non-hydrogen) atoms. The average molecular weight is 471 g/mol. The largest absolute Gasteiger partial charge is 0.316 e. The number of benzene rings is 2. The topological polar surface area (TPSA) is 96.9 Å². The molecule has 7 nitrogen and oxygen atoms in total. The Kier molecular flexibility index (Phi) is 5.16. The Balaban J connectivity index is 1.62. The number of amides is 1. The van der Waals surface area contributed by atoms with Gasteiger partial charge in [-0.15, -0.1) is 11.3 Å². The van der Waals surface area contributed by atoms with Crippen molar-refractivity contribution in [3.8, 4) is 11.3 Å². The molecule has 0 aliphatic carbocycles. The molecule has 0 atom stereocenters. The second-order valence-electron chi connectivity index (χ2n) is 6.24. The van der Waals surface area contributed by atoms with Crippen molar-refractivity contribution < 1.29 is 4.79 Å². The van der Waals surface area contributed by atoms with Gasteiger partial charge < -0.3 is 9.55 Å². The maximum atomic E-state index is 12.7. The molecule has 1 amide bonds. The lowest BCUT2D eigenvalue weighted by atomic mass is 10.1. The van der Waals surface area contributed by atoms with Crippen LogP contribution >= 0.6 is 27.3 Å². The molecule has 0 spiro atoms. The highest BCUT2D eigenvalue weighted by Gasteiger charge is 2.13. The zero-order valence-electron chi connectivity index (χ0n) is 15.2. The maximum absolute atomic E-state index is 12.7. The molecule has 4 aromatic rings. The number of halogens is 1. The first-order valence-corrected chi connectivity index (χ1v) is 10.4. The fourth-order valence-electron chi connectivity index (χ4n) is 3.02. The summed E-state index contributed by atoms with van der Waals surface area (Å²) in [6.07, 6.45) is 0. The van der Waals surface area contributed by atoms with Crippen molar-refractivity contribution in [2.75, 3.05) is 5.32 Å². The summed E-state index contributed by atoms with van der Waals surface area (Å²) >= 11 is 4.76. The number of nitrogens with zero attached hydrogens (tertiary/aromatic N) is 2. The summed E-state index contributed by atoms with van der Waals surface area (Å²) in [5.74, 6) is -0.350. The zero-order chi connectivity index (χ0) is 20.5. The highest BCUT2D eigenvalue weighted by Crippen LogP contribution is 2.27. The summed E-state index contributed by atoms with van der Waals surface area (Å²) in [5.41, 5.74) is 1.74. The number of aromatic nitrogens is 3. The number of aromatic amines is 1. The van der Waals surface area contributed by atoms with Crippen LogP contribution < -0.4 is 16.4 Å². The standard InChI is InChI=1S/C20H15BrN4O3S/c1-2-25-16-7-6-12(9-14(16)22-18(27)19(25)28)17(26)24-20-23-15(10-29-20)11-4-3-5-13(21)8-11/h3-10H,2H2,1H3,(H,22,27)(H,23,24,26). The van der Waals surface area contributed by atoms with Crippen LogP contribution in [0.2, 0.25) is 0 Å². The smallest absolute Gasteiger partial charge is 0.316 e. The molecule has 0 radical (unpaired) electrons. The van der Waals surface area contributed by atoms with E-state index in [9.17, 15) is 14.4 Å². The Labute approximate surface area is 177 Å². The van der Waals surface area contributed by atoms with Gasteiger partial charge in [-0.3, -0.25) is 19.7 Å². The molecule has 146 valence electrons. The highest BCUT2D eigenvalue weighted by atomic mass is 79.9. The zero-order valence-corrected chi connectivity index (χ0v) is 17.6. The van der Waals surface area contributed by atoms with Gasteiger partial charge in [0.15, 0.2) is 5.13 Å². The van der Waals surface area contributed by atoms with Gasteiger partial charge in [-0.2, -0.15) is 0 Å². The lowest BCUT2D eigenvalue weighted by molar-refractivity contribution is 0.102. The van der Waals surface area contributed by atoms with Crippen molar-refractivity contribution in [1.82, 2.24) is 14.5 Å².